The molecule has 1 aliphatic rings. The number of carbonyl (C=O) groups is 1. The molecule has 0 radical (unpaired) electrons. The van der Waals surface area contributed by atoms with Crippen LogP contribution in [-0.4, -0.2) is 13.0 Å². The van der Waals surface area contributed by atoms with Crippen LogP contribution >= 0.6 is 0 Å². The van der Waals surface area contributed by atoms with Gasteiger partial charge in [0.15, 0.2) is 0 Å². The quantitative estimate of drug-likeness (QED) is 0.587. The molecular weight excluding hydrogens is 190 g/mol. The summed E-state index contributed by atoms with van der Waals surface area (Å²) < 4.78 is 5.22. The first kappa shape index (κ1) is 10.2. The SMILES string of the molecule is CNCc1ccc2c(c1)CC(C)C(=O)O2. The van der Waals surface area contributed by atoms with Crippen LogP contribution in [-0.2, 0) is 17.8 Å². The second-order valence-electron chi connectivity index (χ2n) is 4.00. The molecule has 3 heteroatoms. The molecule has 0 bridgehead atoms. The summed E-state index contributed by atoms with van der Waals surface area (Å²) in [7, 11) is 1.92. The maximum Gasteiger partial charge on any atom is 0.314 e. The minimum Gasteiger partial charge on any atom is -0.426 e. The van der Waals surface area contributed by atoms with Gasteiger partial charge in [0.05, 0.1) is 5.92 Å². The molecular formula is C12H15NO2. The van der Waals surface area contributed by atoms with Crippen LogP contribution in [0.5, 0.6) is 5.75 Å². The number of nitrogens with one attached hydrogen (secondary N) is 1. The molecule has 0 fully saturated rings. The summed E-state index contributed by atoms with van der Waals surface area (Å²) in [5.74, 6) is 0.573. The van der Waals surface area contributed by atoms with E-state index >= 15 is 0 Å². The van der Waals surface area contributed by atoms with Gasteiger partial charge in [0.2, 0.25) is 0 Å². The van der Waals surface area contributed by atoms with Gasteiger partial charge in [0, 0.05) is 6.54 Å². The fraction of sp³-hybridized carbons (Fsp3) is 0.417. The average molecular weight is 205 g/mol. The molecule has 80 valence electrons. The zero-order valence-corrected chi connectivity index (χ0v) is 9.04. The van der Waals surface area contributed by atoms with E-state index in [-0.39, 0.29) is 11.9 Å². The molecule has 1 N–H and O–H groups in total. The van der Waals surface area contributed by atoms with Crippen LogP contribution in [0.15, 0.2) is 18.2 Å². The number of esters is 1. The van der Waals surface area contributed by atoms with Crippen LogP contribution in [0.25, 0.3) is 0 Å². The third-order valence-corrected chi connectivity index (χ3v) is 2.64. The van der Waals surface area contributed by atoms with Gasteiger partial charge in [-0.15, -0.1) is 0 Å². The minimum atomic E-state index is -0.121. The first-order valence-corrected chi connectivity index (χ1v) is 5.19. The van der Waals surface area contributed by atoms with Gasteiger partial charge in [-0.3, -0.25) is 4.79 Å². The van der Waals surface area contributed by atoms with E-state index < -0.39 is 0 Å². The Labute approximate surface area is 89.4 Å². The van der Waals surface area contributed by atoms with Gasteiger partial charge in [-0.2, -0.15) is 0 Å². The van der Waals surface area contributed by atoms with Crippen LogP contribution in [0.1, 0.15) is 18.1 Å². The number of rotatable bonds is 2. The normalized spacial score (nSPS) is 19.6. The van der Waals surface area contributed by atoms with Crippen molar-refractivity contribution in [3.8, 4) is 5.75 Å². The van der Waals surface area contributed by atoms with Crippen molar-refractivity contribution in [2.75, 3.05) is 7.05 Å². The van der Waals surface area contributed by atoms with Crippen molar-refractivity contribution in [3.63, 3.8) is 0 Å². The van der Waals surface area contributed by atoms with Gasteiger partial charge >= 0.3 is 5.97 Å². The van der Waals surface area contributed by atoms with Gasteiger partial charge in [-0.1, -0.05) is 19.1 Å². The van der Waals surface area contributed by atoms with Crippen molar-refractivity contribution in [1.29, 1.82) is 0 Å². The summed E-state index contributed by atoms with van der Waals surface area (Å²) in [6.45, 7) is 2.74. The Morgan fingerprint density at radius 1 is 1.53 bits per heavy atom. The zero-order valence-electron chi connectivity index (χ0n) is 9.04. The van der Waals surface area contributed by atoms with E-state index in [1.807, 2.05) is 26.1 Å². The molecule has 1 heterocycles. The highest BCUT2D eigenvalue weighted by Crippen LogP contribution is 2.28. The van der Waals surface area contributed by atoms with Crippen LogP contribution in [0, 0.1) is 5.92 Å². The lowest BCUT2D eigenvalue weighted by atomic mass is 9.96. The van der Waals surface area contributed by atoms with E-state index in [4.69, 9.17) is 4.74 Å². The molecule has 2 rings (SSSR count). The van der Waals surface area contributed by atoms with Crippen molar-refractivity contribution >= 4 is 5.97 Å². The summed E-state index contributed by atoms with van der Waals surface area (Å²) in [6, 6.07) is 5.97. The van der Waals surface area contributed by atoms with Gasteiger partial charge in [-0.25, -0.2) is 0 Å². The molecule has 3 nitrogen and oxygen atoms in total. The highest BCUT2D eigenvalue weighted by molar-refractivity contribution is 5.77. The highest BCUT2D eigenvalue weighted by Gasteiger charge is 2.24. The largest absolute Gasteiger partial charge is 0.426 e. The Hall–Kier alpha value is -1.35. The van der Waals surface area contributed by atoms with E-state index in [0.29, 0.717) is 0 Å². The first-order chi connectivity index (χ1) is 7.20. The smallest absolute Gasteiger partial charge is 0.314 e. The molecule has 0 saturated carbocycles. The Kier molecular flexibility index (Phi) is 2.73. The summed E-state index contributed by atoms with van der Waals surface area (Å²) >= 11 is 0. The molecule has 1 aliphatic heterocycles. The van der Waals surface area contributed by atoms with Crippen LogP contribution in [0.2, 0.25) is 0 Å². The van der Waals surface area contributed by atoms with E-state index in [1.165, 1.54) is 5.56 Å². The number of fused-ring (bicyclic) bond motifs is 1. The average Bonchev–Trinajstić information content (AvgIpc) is 2.21. The van der Waals surface area contributed by atoms with Gasteiger partial charge in [0.25, 0.3) is 0 Å². The molecule has 0 amide bonds. The summed E-state index contributed by atoms with van der Waals surface area (Å²) in [5, 5.41) is 3.10. The molecule has 1 aromatic rings. The van der Waals surface area contributed by atoms with Crippen molar-refractivity contribution in [1.82, 2.24) is 5.32 Å². The maximum absolute atomic E-state index is 11.3. The Balaban J connectivity index is 2.29. The zero-order chi connectivity index (χ0) is 10.8. The molecule has 0 saturated heterocycles. The predicted molar refractivity (Wildman–Crippen MR) is 57.7 cm³/mol. The fourth-order valence-electron chi connectivity index (χ4n) is 1.83. The lowest BCUT2D eigenvalue weighted by molar-refractivity contribution is -0.139. The summed E-state index contributed by atoms with van der Waals surface area (Å²) in [4.78, 5) is 11.3. The number of hydrogen-bond donors (Lipinski definition) is 1. The maximum atomic E-state index is 11.3. The van der Waals surface area contributed by atoms with Crippen molar-refractivity contribution in [3.05, 3.63) is 29.3 Å². The van der Waals surface area contributed by atoms with Gasteiger partial charge in [0.1, 0.15) is 5.75 Å². The summed E-state index contributed by atoms with van der Waals surface area (Å²) in [5.41, 5.74) is 2.36. The topological polar surface area (TPSA) is 38.3 Å². The van der Waals surface area contributed by atoms with Crippen molar-refractivity contribution in [2.24, 2.45) is 5.92 Å². The Morgan fingerprint density at radius 3 is 3.07 bits per heavy atom. The van der Waals surface area contributed by atoms with E-state index in [9.17, 15) is 4.79 Å². The Bertz CT molecular complexity index is 387. The van der Waals surface area contributed by atoms with Crippen molar-refractivity contribution in [2.45, 2.75) is 19.9 Å². The van der Waals surface area contributed by atoms with Crippen LogP contribution in [0.3, 0.4) is 0 Å². The third-order valence-electron chi connectivity index (χ3n) is 2.64. The van der Waals surface area contributed by atoms with Crippen LogP contribution in [0.4, 0.5) is 0 Å². The number of ether oxygens (including phenoxy) is 1. The lowest BCUT2D eigenvalue weighted by Gasteiger charge is -2.21. The molecule has 1 aromatic carbocycles. The molecule has 1 atom stereocenters. The lowest BCUT2D eigenvalue weighted by Crippen LogP contribution is -2.25. The van der Waals surface area contributed by atoms with E-state index in [1.54, 1.807) is 0 Å². The van der Waals surface area contributed by atoms with E-state index in [0.717, 1.165) is 24.3 Å². The van der Waals surface area contributed by atoms with E-state index in [2.05, 4.69) is 11.4 Å². The first-order valence-electron chi connectivity index (χ1n) is 5.19. The molecule has 15 heavy (non-hydrogen) atoms. The van der Waals surface area contributed by atoms with Gasteiger partial charge in [-0.05, 0) is 30.7 Å². The standard InChI is InChI=1S/C12H15NO2/c1-8-5-10-6-9(7-13-2)3-4-11(10)15-12(8)14/h3-4,6,8,13H,5,7H2,1-2H3. The third kappa shape index (κ3) is 2.02. The second-order valence-corrected chi connectivity index (χ2v) is 4.00. The summed E-state index contributed by atoms with van der Waals surface area (Å²) in [6.07, 6.45) is 0.783. The van der Waals surface area contributed by atoms with Gasteiger partial charge < -0.3 is 10.1 Å². The highest BCUT2D eigenvalue weighted by atomic mass is 16.5. The minimum absolute atomic E-state index is 0.0256. The van der Waals surface area contributed by atoms with Crippen LogP contribution < -0.4 is 10.1 Å². The molecule has 1 unspecified atom stereocenters. The Morgan fingerprint density at radius 2 is 2.33 bits per heavy atom. The molecule has 0 aliphatic carbocycles. The molecule has 0 spiro atoms. The number of hydrogen-bond acceptors (Lipinski definition) is 3. The monoisotopic (exact) mass is 205 g/mol. The molecule has 0 aromatic heterocycles. The second kappa shape index (κ2) is 4.03. The predicted octanol–water partition coefficient (Wildman–Crippen LogP) is 1.50. The van der Waals surface area contributed by atoms with Crippen molar-refractivity contribution < 1.29 is 9.53 Å². The number of carbonyl (C=O) groups excluding carboxylic acids is 1. The number of benzene rings is 1. The fourth-order valence-corrected chi connectivity index (χ4v) is 1.83.